The Labute approximate surface area is 101 Å². The summed E-state index contributed by atoms with van der Waals surface area (Å²) in [5.74, 6) is -2.45. The lowest BCUT2D eigenvalue weighted by Crippen LogP contribution is -2.11. The fourth-order valence-corrected chi connectivity index (χ4v) is 1.40. The van der Waals surface area contributed by atoms with E-state index in [4.69, 9.17) is 10.2 Å². The average Bonchev–Trinajstić information content (AvgIpc) is 2.81. The second-order valence-corrected chi connectivity index (χ2v) is 3.46. The quantitative estimate of drug-likeness (QED) is 0.788. The highest BCUT2D eigenvalue weighted by Crippen LogP contribution is 2.11. The number of aromatic carboxylic acids is 2. The molecule has 0 aliphatic rings. The Morgan fingerprint density at radius 1 is 1.17 bits per heavy atom. The number of hydrogen-bond acceptors (Lipinski definition) is 5. The maximum absolute atomic E-state index is 11.1. The molecule has 0 amide bonds. The lowest BCUT2D eigenvalue weighted by Gasteiger charge is -2.06. The number of pyridine rings is 1. The third kappa shape index (κ3) is 2.32. The summed E-state index contributed by atoms with van der Waals surface area (Å²) in [6.45, 7) is 0.161. The zero-order chi connectivity index (χ0) is 13.1. The van der Waals surface area contributed by atoms with Gasteiger partial charge in [-0.25, -0.2) is 9.59 Å². The number of hydrogen-bond donors (Lipinski definition) is 2. The molecule has 0 radical (unpaired) electrons. The van der Waals surface area contributed by atoms with Crippen LogP contribution in [0.25, 0.3) is 0 Å². The summed E-state index contributed by atoms with van der Waals surface area (Å²) < 4.78 is 1.54. The topological polar surface area (TPSA) is 118 Å². The van der Waals surface area contributed by atoms with Crippen LogP contribution in [0.2, 0.25) is 0 Å². The minimum absolute atomic E-state index is 0.149. The molecule has 0 aliphatic heterocycles. The van der Waals surface area contributed by atoms with E-state index >= 15 is 0 Å². The Kier molecular flexibility index (Phi) is 3.00. The van der Waals surface area contributed by atoms with Gasteiger partial charge in [-0.05, 0) is 6.07 Å². The zero-order valence-corrected chi connectivity index (χ0v) is 9.02. The Balaban J connectivity index is 2.40. The van der Waals surface area contributed by atoms with Gasteiger partial charge >= 0.3 is 11.9 Å². The van der Waals surface area contributed by atoms with Crippen molar-refractivity contribution >= 4 is 11.9 Å². The van der Waals surface area contributed by atoms with Crippen LogP contribution in [-0.2, 0) is 6.54 Å². The largest absolute Gasteiger partial charge is 0.478 e. The predicted molar refractivity (Wildman–Crippen MR) is 57.3 cm³/mol. The van der Waals surface area contributed by atoms with Gasteiger partial charge in [-0.2, -0.15) is 0 Å². The monoisotopic (exact) mass is 248 g/mol. The van der Waals surface area contributed by atoms with Gasteiger partial charge in [0.15, 0.2) is 0 Å². The minimum atomic E-state index is -1.23. The number of carboxylic acids is 2. The lowest BCUT2D eigenvalue weighted by molar-refractivity contribution is 0.0695. The second kappa shape index (κ2) is 4.62. The Hall–Kier alpha value is -2.77. The van der Waals surface area contributed by atoms with Crippen molar-refractivity contribution < 1.29 is 19.8 Å². The first-order chi connectivity index (χ1) is 8.58. The summed E-state index contributed by atoms with van der Waals surface area (Å²) in [4.78, 5) is 25.7. The van der Waals surface area contributed by atoms with Crippen molar-refractivity contribution in [3.8, 4) is 0 Å². The lowest BCUT2D eigenvalue weighted by atomic mass is 10.1. The van der Waals surface area contributed by atoms with E-state index in [-0.39, 0.29) is 23.4 Å². The SMILES string of the molecule is O=C(O)c1cnc(Cn2cnnc2)c(C(=O)O)c1. The molecule has 0 atom stereocenters. The van der Waals surface area contributed by atoms with Gasteiger partial charge in [0, 0.05) is 6.20 Å². The maximum Gasteiger partial charge on any atom is 0.337 e. The molecule has 18 heavy (non-hydrogen) atoms. The number of carbonyl (C=O) groups is 2. The molecule has 0 saturated heterocycles. The third-order valence-corrected chi connectivity index (χ3v) is 2.25. The number of rotatable bonds is 4. The maximum atomic E-state index is 11.1. The van der Waals surface area contributed by atoms with Gasteiger partial charge in [-0.3, -0.25) is 4.98 Å². The Morgan fingerprint density at radius 2 is 1.83 bits per heavy atom. The number of carboxylic acid groups (broad SMARTS) is 2. The molecule has 0 aliphatic carbocycles. The van der Waals surface area contributed by atoms with Gasteiger partial charge in [0.1, 0.15) is 12.7 Å². The molecule has 0 spiro atoms. The van der Waals surface area contributed by atoms with Crippen molar-refractivity contribution in [3.63, 3.8) is 0 Å². The van der Waals surface area contributed by atoms with Gasteiger partial charge in [-0.15, -0.1) is 10.2 Å². The van der Waals surface area contributed by atoms with Gasteiger partial charge < -0.3 is 14.8 Å². The molecule has 2 heterocycles. The molecule has 2 aromatic rings. The first-order valence-electron chi connectivity index (χ1n) is 4.86. The minimum Gasteiger partial charge on any atom is -0.478 e. The number of aromatic nitrogens is 4. The Morgan fingerprint density at radius 3 is 2.39 bits per heavy atom. The van der Waals surface area contributed by atoms with Gasteiger partial charge in [0.2, 0.25) is 0 Å². The summed E-state index contributed by atoms with van der Waals surface area (Å²) in [5.41, 5.74) is -0.0733. The summed E-state index contributed by atoms with van der Waals surface area (Å²) in [5, 5.41) is 25.0. The molecule has 92 valence electrons. The van der Waals surface area contributed by atoms with Crippen molar-refractivity contribution in [3.05, 3.63) is 41.7 Å². The van der Waals surface area contributed by atoms with Crippen LogP contribution in [0.3, 0.4) is 0 Å². The third-order valence-electron chi connectivity index (χ3n) is 2.25. The van der Waals surface area contributed by atoms with Crippen LogP contribution >= 0.6 is 0 Å². The highest BCUT2D eigenvalue weighted by molar-refractivity contribution is 5.94. The molecule has 0 saturated carbocycles. The highest BCUT2D eigenvalue weighted by atomic mass is 16.4. The second-order valence-electron chi connectivity index (χ2n) is 3.46. The van der Waals surface area contributed by atoms with Crippen molar-refractivity contribution in [2.45, 2.75) is 6.54 Å². The van der Waals surface area contributed by atoms with E-state index in [0.717, 1.165) is 12.3 Å². The molecule has 8 heteroatoms. The summed E-state index contributed by atoms with van der Waals surface area (Å²) in [7, 11) is 0. The highest BCUT2D eigenvalue weighted by Gasteiger charge is 2.15. The predicted octanol–water partition coefficient (Wildman–Crippen LogP) is 0.118. The first-order valence-corrected chi connectivity index (χ1v) is 4.86. The fourth-order valence-electron chi connectivity index (χ4n) is 1.40. The summed E-state index contributed by atoms with van der Waals surface area (Å²) in [6.07, 6.45) is 3.95. The van der Waals surface area contributed by atoms with E-state index in [2.05, 4.69) is 15.2 Å². The molecule has 8 nitrogen and oxygen atoms in total. The van der Waals surface area contributed by atoms with E-state index in [0.29, 0.717) is 0 Å². The average molecular weight is 248 g/mol. The normalized spacial score (nSPS) is 10.2. The molecule has 0 bridgehead atoms. The van der Waals surface area contributed by atoms with Crippen molar-refractivity contribution in [2.24, 2.45) is 0 Å². The standard InChI is InChI=1S/C10H8N4O4/c15-9(16)6-1-7(10(17)18)8(11-2-6)3-14-4-12-13-5-14/h1-2,4-5H,3H2,(H,15,16)(H,17,18). The van der Waals surface area contributed by atoms with Crippen LogP contribution in [0.15, 0.2) is 24.9 Å². The van der Waals surface area contributed by atoms with Crippen molar-refractivity contribution in [1.29, 1.82) is 0 Å². The van der Waals surface area contributed by atoms with Crippen LogP contribution in [0.4, 0.5) is 0 Å². The van der Waals surface area contributed by atoms with Crippen molar-refractivity contribution in [1.82, 2.24) is 19.7 Å². The van der Waals surface area contributed by atoms with Crippen LogP contribution < -0.4 is 0 Å². The molecular weight excluding hydrogens is 240 g/mol. The molecule has 0 aromatic carbocycles. The van der Waals surface area contributed by atoms with Gasteiger partial charge in [0.25, 0.3) is 0 Å². The van der Waals surface area contributed by atoms with Gasteiger partial charge in [-0.1, -0.05) is 0 Å². The molecule has 0 unspecified atom stereocenters. The van der Waals surface area contributed by atoms with Gasteiger partial charge in [0.05, 0.1) is 23.4 Å². The van der Waals surface area contributed by atoms with Crippen LogP contribution in [0.5, 0.6) is 0 Å². The number of nitrogens with zero attached hydrogens (tertiary/aromatic N) is 4. The molecule has 2 aromatic heterocycles. The van der Waals surface area contributed by atoms with Crippen LogP contribution in [-0.4, -0.2) is 41.9 Å². The van der Waals surface area contributed by atoms with E-state index < -0.39 is 11.9 Å². The molecule has 0 fully saturated rings. The van der Waals surface area contributed by atoms with E-state index in [1.807, 2.05) is 0 Å². The van der Waals surface area contributed by atoms with Crippen LogP contribution in [0, 0.1) is 0 Å². The molecule has 2 N–H and O–H groups in total. The van der Waals surface area contributed by atoms with E-state index in [1.54, 1.807) is 0 Å². The van der Waals surface area contributed by atoms with Crippen molar-refractivity contribution in [2.75, 3.05) is 0 Å². The van der Waals surface area contributed by atoms with E-state index in [9.17, 15) is 9.59 Å². The molecule has 2 rings (SSSR count). The zero-order valence-electron chi connectivity index (χ0n) is 9.02. The van der Waals surface area contributed by atoms with Crippen LogP contribution in [0.1, 0.15) is 26.4 Å². The smallest absolute Gasteiger partial charge is 0.337 e. The summed E-state index contributed by atoms with van der Waals surface area (Å²) in [6, 6.07) is 1.08. The fraction of sp³-hybridized carbons (Fsp3) is 0.100. The Bertz CT molecular complexity index is 594. The summed E-state index contributed by atoms with van der Waals surface area (Å²) >= 11 is 0. The first kappa shape index (κ1) is 11.7. The van der Waals surface area contributed by atoms with E-state index in [1.165, 1.54) is 17.2 Å². The molecular formula is C10H8N4O4.